The third-order valence-corrected chi connectivity index (χ3v) is 4.94. The summed E-state index contributed by atoms with van der Waals surface area (Å²) in [5, 5.41) is 12.0. The maximum atomic E-state index is 13.0. The number of hydrogen-bond donors (Lipinski definition) is 0. The zero-order chi connectivity index (χ0) is 16.1. The smallest absolute Gasteiger partial charge is 0.252 e. The van der Waals surface area contributed by atoms with Crippen molar-refractivity contribution < 1.29 is 14.3 Å². The summed E-state index contributed by atoms with van der Waals surface area (Å²) in [5.74, 6) is 0.0216. The lowest BCUT2D eigenvalue weighted by molar-refractivity contribution is -0.645. The molecule has 2 aromatic rings. The van der Waals surface area contributed by atoms with Gasteiger partial charge in [0, 0.05) is 25.2 Å². The number of carbonyl (C=O) groups is 1. The molecule has 2 heterocycles. The van der Waals surface area contributed by atoms with Gasteiger partial charge in [-0.15, -0.1) is 0 Å². The molecule has 1 fully saturated rings. The van der Waals surface area contributed by atoms with E-state index in [-0.39, 0.29) is 5.91 Å². The fraction of sp³-hybridized carbons (Fsp3) is 0.294. The van der Waals surface area contributed by atoms with Gasteiger partial charge in [-0.1, -0.05) is 30.3 Å². The fourth-order valence-electron chi connectivity index (χ4n) is 2.46. The van der Waals surface area contributed by atoms with Gasteiger partial charge >= 0.3 is 0 Å². The number of carbonyl (C=O) groups excluding carboxylic acids is 1. The predicted molar refractivity (Wildman–Crippen MR) is 87.8 cm³/mol. The molecular weight excluding hydrogens is 312 g/mol. The van der Waals surface area contributed by atoms with Gasteiger partial charge in [0.15, 0.2) is 6.20 Å². The predicted octanol–water partition coefficient (Wildman–Crippen LogP) is 2.01. The Balaban J connectivity index is 1.87. The average Bonchev–Trinajstić information content (AvgIpc) is 2.62. The molecule has 1 aliphatic rings. The third-order valence-electron chi connectivity index (χ3n) is 3.68. The van der Waals surface area contributed by atoms with Crippen LogP contribution in [0.5, 0.6) is 0 Å². The Morgan fingerprint density at radius 3 is 2.52 bits per heavy atom. The highest BCUT2D eigenvalue weighted by atomic mass is 32.2. The quantitative estimate of drug-likeness (QED) is 0.489. The molecule has 5 nitrogen and oxygen atoms in total. The lowest BCUT2D eigenvalue weighted by Gasteiger charge is -2.30. The molecule has 0 bridgehead atoms. The van der Waals surface area contributed by atoms with Gasteiger partial charge in [-0.3, -0.25) is 4.79 Å². The van der Waals surface area contributed by atoms with Crippen molar-refractivity contribution in [3.05, 3.63) is 65.5 Å². The first-order chi connectivity index (χ1) is 11.3. The fourth-order valence-corrected chi connectivity index (χ4v) is 3.57. The number of pyridine rings is 1. The van der Waals surface area contributed by atoms with Gasteiger partial charge < -0.3 is 14.8 Å². The third kappa shape index (κ3) is 3.83. The Morgan fingerprint density at radius 2 is 1.83 bits per heavy atom. The molecule has 1 aliphatic heterocycles. The lowest BCUT2D eigenvalue weighted by Crippen LogP contribution is -2.42. The minimum Gasteiger partial charge on any atom is -0.618 e. The van der Waals surface area contributed by atoms with Crippen molar-refractivity contribution in [3.63, 3.8) is 0 Å². The van der Waals surface area contributed by atoms with Crippen LogP contribution >= 0.6 is 11.8 Å². The zero-order valence-electron chi connectivity index (χ0n) is 12.6. The molecular formula is C17H18N2O3S. The number of benzene rings is 1. The van der Waals surface area contributed by atoms with E-state index in [2.05, 4.69) is 0 Å². The molecule has 0 spiro atoms. The van der Waals surface area contributed by atoms with Gasteiger partial charge in [0.1, 0.15) is 5.25 Å². The van der Waals surface area contributed by atoms with E-state index in [1.165, 1.54) is 18.0 Å². The largest absolute Gasteiger partial charge is 0.618 e. The Kier molecular flexibility index (Phi) is 5.15. The van der Waals surface area contributed by atoms with Crippen LogP contribution in [-0.2, 0) is 9.53 Å². The van der Waals surface area contributed by atoms with E-state index in [0.717, 1.165) is 10.3 Å². The number of nitrogens with zero attached hydrogens (tertiary/aromatic N) is 2. The molecule has 120 valence electrons. The summed E-state index contributed by atoms with van der Waals surface area (Å²) in [6, 6.07) is 14.8. The van der Waals surface area contributed by atoms with Crippen molar-refractivity contribution in [1.82, 2.24) is 4.90 Å². The van der Waals surface area contributed by atoms with Crippen molar-refractivity contribution >= 4 is 17.7 Å². The SMILES string of the molecule is O=C([C@H](Sc1cccc[n+]1[O-])c1ccccc1)N1CCOCC1. The summed E-state index contributed by atoms with van der Waals surface area (Å²) in [6.45, 7) is 2.30. The van der Waals surface area contributed by atoms with Crippen LogP contribution in [0.25, 0.3) is 0 Å². The molecule has 1 amide bonds. The summed E-state index contributed by atoms with van der Waals surface area (Å²) >= 11 is 1.29. The standard InChI is InChI=1S/C17H18N2O3S/c20-17(18-10-12-22-13-11-18)16(14-6-2-1-3-7-14)23-15-8-4-5-9-19(15)21/h1-9,16H,10-13H2/t16-/m1/s1. The normalized spacial score (nSPS) is 16.1. The molecule has 6 heteroatoms. The molecule has 0 radical (unpaired) electrons. The van der Waals surface area contributed by atoms with Gasteiger partial charge in [0.2, 0.25) is 5.91 Å². The molecule has 1 saturated heterocycles. The Morgan fingerprint density at radius 1 is 1.13 bits per heavy atom. The second-order valence-corrected chi connectivity index (χ2v) is 6.34. The number of aromatic nitrogens is 1. The van der Waals surface area contributed by atoms with Gasteiger partial charge in [0.05, 0.1) is 13.2 Å². The van der Waals surface area contributed by atoms with E-state index in [1.807, 2.05) is 35.2 Å². The second-order valence-electron chi connectivity index (χ2n) is 5.21. The Bertz CT molecular complexity index is 660. The lowest BCUT2D eigenvalue weighted by atomic mass is 10.1. The molecule has 3 rings (SSSR count). The van der Waals surface area contributed by atoms with E-state index < -0.39 is 5.25 Å². The van der Waals surface area contributed by atoms with Crippen molar-refractivity contribution in [1.29, 1.82) is 0 Å². The molecule has 23 heavy (non-hydrogen) atoms. The van der Waals surface area contributed by atoms with Crippen LogP contribution in [0.2, 0.25) is 0 Å². The van der Waals surface area contributed by atoms with E-state index in [1.54, 1.807) is 18.2 Å². The average molecular weight is 330 g/mol. The maximum absolute atomic E-state index is 13.0. The highest BCUT2D eigenvalue weighted by molar-refractivity contribution is 8.00. The van der Waals surface area contributed by atoms with Crippen LogP contribution < -0.4 is 4.73 Å². The highest BCUT2D eigenvalue weighted by Gasteiger charge is 2.30. The number of ether oxygens (including phenoxy) is 1. The summed E-state index contributed by atoms with van der Waals surface area (Å²) in [4.78, 5) is 14.8. The van der Waals surface area contributed by atoms with Crippen LogP contribution in [0.1, 0.15) is 10.8 Å². The summed E-state index contributed by atoms with van der Waals surface area (Å²) in [7, 11) is 0. The number of thioether (sulfide) groups is 1. The molecule has 0 saturated carbocycles. The number of hydrogen-bond acceptors (Lipinski definition) is 4. The molecule has 1 atom stereocenters. The highest BCUT2D eigenvalue weighted by Crippen LogP contribution is 2.35. The van der Waals surface area contributed by atoms with Crippen LogP contribution in [0.3, 0.4) is 0 Å². The van der Waals surface area contributed by atoms with Crippen molar-refractivity contribution in [3.8, 4) is 0 Å². The zero-order valence-corrected chi connectivity index (χ0v) is 13.4. The number of amides is 1. The van der Waals surface area contributed by atoms with Gasteiger partial charge in [-0.05, 0) is 23.4 Å². The maximum Gasteiger partial charge on any atom is 0.252 e. The van der Waals surface area contributed by atoms with E-state index >= 15 is 0 Å². The van der Waals surface area contributed by atoms with Crippen LogP contribution in [0.4, 0.5) is 0 Å². The van der Waals surface area contributed by atoms with E-state index in [4.69, 9.17) is 4.74 Å². The molecule has 0 aliphatic carbocycles. The van der Waals surface area contributed by atoms with Crippen LogP contribution in [0, 0.1) is 5.21 Å². The second kappa shape index (κ2) is 7.48. The molecule has 1 aromatic heterocycles. The minimum atomic E-state index is -0.433. The number of morpholine rings is 1. The van der Waals surface area contributed by atoms with E-state index in [9.17, 15) is 10.0 Å². The van der Waals surface area contributed by atoms with Crippen LogP contribution in [0.15, 0.2) is 59.8 Å². The van der Waals surface area contributed by atoms with Gasteiger partial charge in [0.25, 0.3) is 5.03 Å². The van der Waals surface area contributed by atoms with Gasteiger partial charge in [-0.2, -0.15) is 4.73 Å². The number of rotatable bonds is 4. The summed E-state index contributed by atoms with van der Waals surface area (Å²) in [5.41, 5.74) is 0.901. The van der Waals surface area contributed by atoms with Gasteiger partial charge in [-0.25, -0.2) is 0 Å². The molecule has 0 unspecified atom stereocenters. The summed E-state index contributed by atoms with van der Waals surface area (Å²) < 4.78 is 6.12. The topological polar surface area (TPSA) is 56.5 Å². The molecule has 0 N–H and O–H groups in total. The van der Waals surface area contributed by atoms with Crippen molar-refractivity contribution in [2.75, 3.05) is 26.3 Å². The van der Waals surface area contributed by atoms with Crippen LogP contribution in [-0.4, -0.2) is 37.1 Å². The summed E-state index contributed by atoms with van der Waals surface area (Å²) in [6.07, 6.45) is 1.45. The monoisotopic (exact) mass is 330 g/mol. The first kappa shape index (κ1) is 15.8. The van der Waals surface area contributed by atoms with Crippen molar-refractivity contribution in [2.45, 2.75) is 10.3 Å². The Hall–Kier alpha value is -2.05. The first-order valence-electron chi connectivity index (χ1n) is 7.52. The van der Waals surface area contributed by atoms with E-state index in [0.29, 0.717) is 31.3 Å². The first-order valence-corrected chi connectivity index (χ1v) is 8.40. The van der Waals surface area contributed by atoms with Crippen molar-refractivity contribution in [2.24, 2.45) is 0 Å². The molecule has 1 aromatic carbocycles. The Labute approximate surface area is 139 Å². The minimum absolute atomic E-state index is 0.0216.